The first-order valence-electron chi connectivity index (χ1n) is 8.44. The van der Waals surface area contributed by atoms with E-state index < -0.39 is 23.8 Å². The number of aliphatic hydroxyl groups is 1. The molecule has 3 aromatic rings. The highest BCUT2D eigenvalue weighted by Gasteiger charge is 2.34. The average Bonchev–Trinajstić information content (AvgIpc) is 3.25. The summed E-state index contributed by atoms with van der Waals surface area (Å²) in [7, 11) is 0. The van der Waals surface area contributed by atoms with Crippen LogP contribution in [0.25, 0.3) is 5.69 Å². The molecule has 0 saturated carbocycles. The zero-order valence-electron chi connectivity index (χ0n) is 14.0. The molecule has 1 aliphatic heterocycles. The molecule has 7 heteroatoms. The van der Waals surface area contributed by atoms with Gasteiger partial charge in [-0.1, -0.05) is 23.4 Å². The molecule has 2 aromatic carbocycles. The second-order valence-electron chi connectivity index (χ2n) is 6.49. The van der Waals surface area contributed by atoms with Crippen molar-refractivity contribution in [3.05, 3.63) is 77.6 Å². The summed E-state index contributed by atoms with van der Waals surface area (Å²) in [4.78, 5) is 1.90. The lowest BCUT2D eigenvalue weighted by Crippen LogP contribution is -2.25. The first-order chi connectivity index (χ1) is 12.6. The average molecular weight is 356 g/mol. The Bertz CT molecular complexity index is 900. The monoisotopic (exact) mass is 356 g/mol. The number of benzene rings is 2. The molecule has 26 heavy (non-hydrogen) atoms. The van der Waals surface area contributed by atoms with Gasteiger partial charge in [0.1, 0.15) is 11.6 Å². The fourth-order valence-corrected chi connectivity index (χ4v) is 3.43. The zero-order valence-corrected chi connectivity index (χ0v) is 14.0. The van der Waals surface area contributed by atoms with Crippen LogP contribution in [0.1, 0.15) is 23.7 Å². The summed E-state index contributed by atoms with van der Waals surface area (Å²) < 4.78 is 29.4. The summed E-state index contributed by atoms with van der Waals surface area (Å²) in [6, 6.07) is 12.6. The topological polar surface area (TPSA) is 54.2 Å². The van der Waals surface area contributed by atoms with Crippen molar-refractivity contribution in [3.63, 3.8) is 0 Å². The lowest BCUT2D eigenvalue weighted by molar-refractivity contribution is 0.172. The third-order valence-electron chi connectivity index (χ3n) is 4.63. The van der Waals surface area contributed by atoms with Gasteiger partial charge < -0.3 is 5.11 Å². The van der Waals surface area contributed by atoms with E-state index in [1.807, 2.05) is 35.2 Å². The number of hydrogen-bond acceptors (Lipinski definition) is 4. The molecule has 1 fully saturated rings. The maximum atomic E-state index is 14.2. The van der Waals surface area contributed by atoms with E-state index in [2.05, 4.69) is 10.3 Å². The third-order valence-corrected chi connectivity index (χ3v) is 4.63. The van der Waals surface area contributed by atoms with Gasteiger partial charge in [-0.05, 0) is 36.8 Å². The molecule has 0 bridgehead atoms. The summed E-state index contributed by atoms with van der Waals surface area (Å²) in [5, 5.41) is 18.3. The van der Waals surface area contributed by atoms with Gasteiger partial charge in [0.05, 0.1) is 23.7 Å². The van der Waals surface area contributed by atoms with E-state index >= 15 is 0 Å². The first-order valence-corrected chi connectivity index (χ1v) is 8.44. The van der Waals surface area contributed by atoms with Crippen LogP contribution >= 0.6 is 0 Å². The highest BCUT2D eigenvalue weighted by atomic mass is 19.1. The maximum absolute atomic E-state index is 14.2. The first kappa shape index (κ1) is 16.8. The molecule has 0 radical (unpaired) electrons. The largest absolute Gasteiger partial charge is 0.392 e. The summed E-state index contributed by atoms with van der Waals surface area (Å²) in [5.41, 5.74) is 1.85. The standard InChI is InChI=1S/C19H18F2N4O/c20-13-6-7-18(21)17(8-13)19-9-16(26)12-24(19)10-14-11-25(23-22-14)15-4-2-1-3-5-15/h1-8,11,16,19,26H,9-10,12H2/t16-,19+/m1/s1. The summed E-state index contributed by atoms with van der Waals surface area (Å²) in [6.45, 7) is 0.767. The molecule has 0 spiro atoms. The molecule has 0 unspecified atom stereocenters. The van der Waals surface area contributed by atoms with Gasteiger partial charge >= 0.3 is 0 Å². The van der Waals surface area contributed by atoms with Crippen LogP contribution in [0.4, 0.5) is 8.78 Å². The number of halogens is 2. The molecule has 1 aromatic heterocycles. The zero-order chi connectivity index (χ0) is 18.1. The Morgan fingerprint density at radius 3 is 2.73 bits per heavy atom. The minimum absolute atomic E-state index is 0.261. The Labute approximate surface area is 149 Å². The lowest BCUT2D eigenvalue weighted by Gasteiger charge is -2.23. The van der Waals surface area contributed by atoms with E-state index in [1.165, 1.54) is 6.07 Å². The van der Waals surface area contributed by atoms with Crippen molar-refractivity contribution in [1.29, 1.82) is 0 Å². The highest BCUT2D eigenvalue weighted by Crippen LogP contribution is 2.34. The van der Waals surface area contributed by atoms with Crippen LogP contribution in [0.5, 0.6) is 0 Å². The summed E-state index contributed by atoms with van der Waals surface area (Å²) in [5.74, 6) is -0.957. The van der Waals surface area contributed by atoms with Gasteiger partial charge in [0.25, 0.3) is 0 Å². The van der Waals surface area contributed by atoms with E-state index in [0.717, 1.165) is 17.8 Å². The number of likely N-dealkylation sites (tertiary alicyclic amines) is 1. The van der Waals surface area contributed by atoms with Gasteiger partial charge in [-0.2, -0.15) is 0 Å². The Kier molecular flexibility index (Phi) is 4.48. The smallest absolute Gasteiger partial charge is 0.128 e. The van der Waals surface area contributed by atoms with Gasteiger partial charge in [0.2, 0.25) is 0 Å². The van der Waals surface area contributed by atoms with Crippen LogP contribution in [-0.2, 0) is 6.54 Å². The molecule has 1 saturated heterocycles. The molecule has 0 aliphatic carbocycles. The molecule has 2 heterocycles. The van der Waals surface area contributed by atoms with Crippen LogP contribution in [0, 0.1) is 11.6 Å². The fraction of sp³-hybridized carbons (Fsp3) is 0.263. The van der Waals surface area contributed by atoms with Crippen LogP contribution in [0.15, 0.2) is 54.7 Å². The molecule has 1 N–H and O–H groups in total. The fourth-order valence-electron chi connectivity index (χ4n) is 3.43. The predicted octanol–water partition coefficient (Wildman–Crippen LogP) is 2.85. The molecule has 2 atom stereocenters. The molecule has 0 amide bonds. The van der Waals surface area contributed by atoms with Gasteiger partial charge in [-0.25, -0.2) is 13.5 Å². The van der Waals surface area contributed by atoms with Crippen LogP contribution in [-0.4, -0.2) is 37.6 Å². The molecular formula is C19H18F2N4O. The van der Waals surface area contributed by atoms with Crippen molar-refractivity contribution in [1.82, 2.24) is 19.9 Å². The van der Waals surface area contributed by atoms with Gasteiger partial charge in [0, 0.05) is 24.7 Å². The molecule has 5 nitrogen and oxygen atoms in total. The minimum atomic E-state index is -0.591. The number of nitrogens with zero attached hydrogens (tertiary/aromatic N) is 4. The van der Waals surface area contributed by atoms with Crippen molar-refractivity contribution in [2.75, 3.05) is 6.54 Å². The number of para-hydroxylation sites is 1. The number of rotatable bonds is 4. The number of aliphatic hydroxyl groups excluding tert-OH is 1. The number of β-amino-alcohol motifs (C(OH)–C–C–N with tert-alkyl or cyclic N) is 1. The minimum Gasteiger partial charge on any atom is -0.392 e. The summed E-state index contributed by atoms with van der Waals surface area (Å²) >= 11 is 0. The molecule has 4 rings (SSSR count). The van der Waals surface area contributed by atoms with Gasteiger partial charge in [-0.3, -0.25) is 4.90 Å². The van der Waals surface area contributed by atoms with Gasteiger partial charge in [-0.15, -0.1) is 5.10 Å². The van der Waals surface area contributed by atoms with E-state index in [9.17, 15) is 13.9 Å². The SMILES string of the molecule is O[C@@H]1C[C@@H](c2cc(F)ccc2F)N(Cc2cn(-c3ccccc3)nn2)C1. The Morgan fingerprint density at radius 2 is 1.92 bits per heavy atom. The third kappa shape index (κ3) is 3.36. The van der Waals surface area contributed by atoms with Crippen LogP contribution in [0.2, 0.25) is 0 Å². The van der Waals surface area contributed by atoms with Crippen molar-refractivity contribution < 1.29 is 13.9 Å². The molecule has 134 valence electrons. The number of aromatic nitrogens is 3. The van der Waals surface area contributed by atoms with Crippen molar-refractivity contribution in [3.8, 4) is 5.69 Å². The van der Waals surface area contributed by atoms with E-state index in [0.29, 0.717) is 25.2 Å². The predicted molar refractivity (Wildman–Crippen MR) is 91.5 cm³/mol. The Morgan fingerprint density at radius 1 is 1.12 bits per heavy atom. The van der Waals surface area contributed by atoms with Crippen molar-refractivity contribution in [2.45, 2.75) is 25.1 Å². The summed E-state index contributed by atoms with van der Waals surface area (Å²) in [6.07, 6.45) is 1.57. The Balaban J connectivity index is 1.57. The lowest BCUT2D eigenvalue weighted by atomic mass is 10.0. The maximum Gasteiger partial charge on any atom is 0.128 e. The van der Waals surface area contributed by atoms with E-state index in [1.54, 1.807) is 10.9 Å². The van der Waals surface area contributed by atoms with Crippen molar-refractivity contribution in [2.24, 2.45) is 0 Å². The number of hydrogen-bond donors (Lipinski definition) is 1. The van der Waals surface area contributed by atoms with Crippen molar-refractivity contribution >= 4 is 0 Å². The van der Waals surface area contributed by atoms with E-state index in [4.69, 9.17) is 0 Å². The van der Waals surface area contributed by atoms with E-state index in [-0.39, 0.29) is 5.56 Å². The highest BCUT2D eigenvalue weighted by molar-refractivity contribution is 5.30. The second kappa shape index (κ2) is 6.93. The normalized spacial score (nSPS) is 20.6. The second-order valence-corrected chi connectivity index (χ2v) is 6.49. The Hall–Kier alpha value is -2.64. The van der Waals surface area contributed by atoms with Gasteiger partial charge in [0.15, 0.2) is 0 Å². The van der Waals surface area contributed by atoms with Crippen LogP contribution < -0.4 is 0 Å². The molecule has 1 aliphatic rings. The molecular weight excluding hydrogens is 338 g/mol. The van der Waals surface area contributed by atoms with Crippen LogP contribution in [0.3, 0.4) is 0 Å². The quantitative estimate of drug-likeness (QED) is 0.781.